The third-order valence-electron chi connectivity index (χ3n) is 3.72. The predicted octanol–water partition coefficient (Wildman–Crippen LogP) is 3.56. The van der Waals surface area contributed by atoms with Gasteiger partial charge >= 0.3 is 6.18 Å². The van der Waals surface area contributed by atoms with E-state index in [2.05, 4.69) is 15.6 Å². The molecule has 1 unspecified atom stereocenters. The summed E-state index contributed by atoms with van der Waals surface area (Å²) in [5, 5.41) is 6.17. The molecule has 24 heavy (non-hydrogen) atoms. The highest BCUT2D eigenvalue weighted by Crippen LogP contribution is 2.29. The monoisotopic (exact) mass is 457 g/mol. The van der Waals surface area contributed by atoms with Gasteiger partial charge in [0.25, 0.3) is 0 Å². The Bertz CT molecular complexity index is 532. The van der Waals surface area contributed by atoms with Gasteiger partial charge in [0, 0.05) is 26.7 Å². The molecule has 1 aromatic rings. The second-order valence-electron chi connectivity index (χ2n) is 5.47. The molecule has 1 aliphatic rings. The summed E-state index contributed by atoms with van der Waals surface area (Å²) in [5.74, 6) is 0.570. The Balaban J connectivity index is 0.00000288. The van der Waals surface area contributed by atoms with Crippen LogP contribution in [0.5, 0.6) is 0 Å². The van der Waals surface area contributed by atoms with Gasteiger partial charge in [-0.15, -0.1) is 24.0 Å². The second-order valence-corrected chi connectivity index (χ2v) is 5.47. The average Bonchev–Trinajstić information content (AvgIpc) is 3.03. The molecule has 1 aromatic carbocycles. The lowest BCUT2D eigenvalue weighted by molar-refractivity contribution is -0.137. The molecule has 1 heterocycles. The van der Waals surface area contributed by atoms with Gasteiger partial charge in [-0.25, -0.2) is 0 Å². The molecule has 2 N–H and O–H groups in total. The zero-order valence-corrected chi connectivity index (χ0v) is 15.9. The van der Waals surface area contributed by atoms with E-state index in [9.17, 15) is 13.2 Å². The molecule has 0 bridgehead atoms. The van der Waals surface area contributed by atoms with E-state index in [-0.39, 0.29) is 30.5 Å². The van der Waals surface area contributed by atoms with Crippen LogP contribution < -0.4 is 10.6 Å². The summed E-state index contributed by atoms with van der Waals surface area (Å²) in [5.41, 5.74) is -0.0833. The van der Waals surface area contributed by atoms with E-state index in [0.29, 0.717) is 24.2 Å². The highest BCUT2D eigenvalue weighted by Gasteiger charge is 2.30. The molecule has 8 heteroatoms. The van der Waals surface area contributed by atoms with Crippen LogP contribution in [-0.2, 0) is 17.5 Å². The fourth-order valence-electron chi connectivity index (χ4n) is 2.49. The maximum Gasteiger partial charge on any atom is 0.416 e. The highest BCUT2D eigenvalue weighted by molar-refractivity contribution is 14.0. The minimum atomic E-state index is -4.32. The minimum absolute atomic E-state index is 0. The summed E-state index contributed by atoms with van der Waals surface area (Å²) in [4.78, 5) is 4.07. The maximum absolute atomic E-state index is 12.7. The van der Waals surface area contributed by atoms with Crippen molar-refractivity contribution in [1.82, 2.24) is 10.6 Å². The van der Waals surface area contributed by atoms with Crippen molar-refractivity contribution in [2.45, 2.75) is 38.1 Å². The van der Waals surface area contributed by atoms with Crippen molar-refractivity contribution in [3.8, 4) is 0 Å². The van der Waals surface area contributed by atoms with Crippen LogP contribution in [0.4, 0.5) is 13.2 Å². The Morgan fingerprint density at radius 2 is 2.12 bits per heavy atom. The highest BCUT2D eigenvalue weighted by atomic mass is 127. The van der Waals surface area contributed by atoms with Gasteiger partial charge in [-0.1, -0.05) is 12.1 Å². The normalized spacial score (nSPS) is 18.2. The third-order valence-corrected chi connectivity index (χ3v) is 3.72. The molecule has 1 aliphatic heterocycles. The predicted molar refractivity (Wildman–Crippen MR) is 98.7 cm³/mol. The van der Waals surface area contributed by atoms with Crippen molar-refractivity contribution in [3.05, 3.63) is 35.4 Å². The van der Waals surface area contributed by atoms with Gasteiger partial charge in [0.15, 0.2) is 5.96 Å². The summed E-state index contributed by atoms with van der Waals surface area (Å²) in [6.07, 6.45) is -0.948. The molecule has 0 spiro atoms. The number of rotatable bonds is 5. The quantitative estimate of drug-likeness (QED) is 0.404. The summed E-state index contributed by atoms with van der Waals surface area (Å²) < 4.78 is 43.6. The molecule has 1 fully saturated rings. The average molecular weight is 457 g/mol. The standard InChI is InChI=1S/C16H22F3N3O.HI/c1-20-15(21-8-7-14-6-3-9-23-14)22-11-12-4-2-5-13(10-12)16(17,18)19;/h2,4-5,10,14H,3,6-9,11H2,1H3,(H2,20,21,22);1H. The van der Waals surface area contributed by atoms with Gasteiger partial charge in [0.05, 0.1) is 11.7 Å². The first-order chi connectivity index (χ1) is 11.0. The molecule has 1 atom stereocenters. The smallest absolute Gasteiger partial charge is 0.378 e. The van der Waals surface area contributed by atoms with Crippen LogP contribution in [0.15, 0.2) is 29.3 Å². The Kier molecular flexibility index (Phi) is 8.82. The fourth-order valence-corrected chi connectivity index (χ4v) is 2.49. The molecule has 0 saturated carbocycles. The van der Waals surface area contributed by atoms with Gasteiger partial charge < -0.3 is 15.4 Å². The maximum atomic E-state index is 12.7. The van der Waals surface area contributed by atoms with E-state index < -0.39 is 11.7 Å². The Morgan fingerprint density at radius 1 is 1.33 bits per heavy atom. The van der Waals surface area contributed by atoms with E-state index in [4.69, 9.17) is 4.74 Å². The number of nitrogens with one attached hydrogen (secondary N) is 2. The van der Waals surface area contributed by atoms with E-state index >= 15 is 0 Å². The lowest BCUT2D eigenvalue weighted by atomic mass is 10.1. The van der Waals surface area contributed by atoms with Gasteiger partial charge in [-0.3, -0.25) is 4.99 Å². The third kappa shape index (κ3) is 6.84. The molecule has 0 radical (unpaired) electrons. The molecule has 0 aromatic heterocycles. The molecule has 0 aliphatic carbocycles. The van der Waals surface area contributed by atoms with Crippen LogP contribution in [0, 0.1) is 0 Å². The molecular formula is C16H23F3IN3O. The van der Waals surface area contributed by atoms with Crippen LogP contribution in [0.1, 0.15) is 30.4 Å². The van der Waals surface area contributed by atoms with Crippen LogP contribution in [0.2, 0.25) is 0 Å². The van der Waals surface area contributed by atoms with Crippen molar-refractivity contribution in [3.63, 3.8) is 0 Å². The Hall–Kier alpha value is -1.03. The Labute approximate surface area is 157 Å². The molecule has 2 rings (SSSR count). The summed E-state index contributed by atoms with van der Waals surface area (Å²) in [6, 6.07) is 5.28. The zero-order valence-electron chi connectivity index (χ0n) is 13.5. The van der Waals surface area contributed by atoms with Crippen LogP contribution >= 0.6 is 24.0 Å². The first-order valence-corrected chi connectivity index (χ1v) is 7.71. The van der Waals surface area contributed by atoms with Gasteiger partial charge in [-0.05, 0) is 37.0 Å². The number of alkyl halides is 3. The fraction of sp³-hybridized carbons (Fsp3) is 0.562. The lowest BCUT2D eigenvalue weighted by Crippen LogP contribution is -2.38. The largest absolute Gasteiger partial charge is 0.416 e. The number of hydrogen-bond donors (Lipinski definition) is 2. The van der Waals surface area contributed by atoms with E-state index in [0.717, 1.165) is 38.0 Å². The first-order valence-electron chi connectivity index (χ1n) is 7.71. The molecular weight excluding hydrogens is 434 g/mol. The topological polar surface area (TPSA) is 45.7 Å². The van der Waals surface area contributed by atoms with Crippen molar-refractivity contribution < 1.29 is 17.9 Å². The number of hydrogen-bond acceptors (Lipinski definition) is 2. The summed E-state index contributed by atoms with van der Waals surface area (Å²) in [7, 11) is 1.63. The Morgan fingerprint density at radius 3 is 2.75 bits per heavy atom. The number of ether oxygens (including phenoxy) is 1. The second kappa shape index (κ2) is 10.1. The SMILES string of the molecule is CN=C(NCCC1CCCO1)NCc1cccc(C(F)(F)F)c1.I. The zero-order chi connectivity index (χ0) is 16.7. The summed E-state index contributed by atoms with van der Waals surface area (Å²) in [6.45, 7) is 1.82. The van der Waals surface area contributed by atoms with Crippen molar-refractivity contribution in [1.29, 1.82) is 0 Å². The number of benzene rings is 1. The van der Waals surface area contributed by atoms with Gasteiger partial charge in [-0.2, -0.15) is 13.2 Å². The van der Waals surface area contributed by atoms with E-state index in [1.807, 2.05) is 0 Å². The van der Waals surface area contributed by atoms with Crippen molar-refractivity contribution in [2.75, 3.05) is 20.2 Å². The number of guanidine groups is 1. The lowest BCUT2D eigenvalue weighted by Gasteiger charge is -2.14. The molecule has 136 valence electrons. The van der Waals surface area contributed by atoms with E-state index in [1.165, 1.54) is 6.07 Å². The van der Waals surface area contributed by atoms with Crippen LogP contribution in [0.25, 0.3) is 0 Å². The number of nitrogens with zero attached hydrogens (tertiary/aromatic N) is 1. The van der Waals surface area contributed by atoms with Crippen LogP contribution in [0.3, 0.4) is 0 Å². The summed E-state index contributed by atoms with van der Waals surface area (Å²) >= 11 is 0. The molecule has 1 saturated heterocycles. The van der Waals surface area contributed by atoms with Gasteiger partial charge in [0.2, 0.25) is 0 Å². The molecule has 0 amide bonds. The number of aliphatic imine (C=N–C) groups is 1. The molecule has 4 nitrogen and oxygen atoms in total. The number of halogens is 4. The first kappa shape index (κ1) is 21.0. The minimum Gasteiger partial charge on any atom is -0.378 e. The van der Waals surface area contributed by atoms with Crippen molar-refractivity contribution in [2.24, 2.45) is 4.99 Å². The van der Waals surface area contributed by atoms with Gasteiger partial charge in [0.1, 0.15) is 0 Å². The van der Waals surface area contributed by atoms with E-state index in [1.54, 1.807) is 13.1 Å². The van der Waals surface area contributed by atoms with Crippen LogP contribution in [-0.4, -0.2) is 32.3 Å². The van der Waals surface area contributed by atoms with Crippen molar-refractivity contribution >= 4 is 29.9 Å².